The highest BCUT2D eigenvalue weighted by molar-refractivity contribution is 7.18. The van der Waals surface area contributed by atoms with Crippen LogP contribution in [0.1, 0.15) is 28.8 Å². The van der Waals surface area contributed by atoms with Gasteiger partial charge in [0.15, 0.2) is 5.76 Å². The third-order valence-electron chi connectivity index (χ3n) is 6.88. The van der Waals surface area contributed by atoms with Crippen LogP contribution < -0.4 is 10.2 Å². The fourth-order valence-corrected chi connectivity index (χ4v) is 6.08. The highest BCUT2D eigenvalue weighted by atomic mass is 35.5. The van der Waals surface area contributed by atoms with Gasteiger partial charge >= 0.3 is 6.18 Å². The van der Waals surface area contributed by atoms with Crippen molar-refractivity contribution < 1.29 is 27.8 Å². The van der Waals surface area contributed by atoms with E-state index in [1.54, 1.807) is 24.1 Å². The Labute approximate surface area is 244 Å². The van der Waals surface area contributed by atoms with Gasteiger partial charge in [0.25, 0.3) is 0 Å². The number of halogens is 4. The minimum atomic E-state index is -4.34. The normalized spacial score (nSPS) is 19.4. The molecule has 1 saturated carbocycles. The average Bonchev–Trinajstić information content (AvgIpc) is 3.50. The summed E-state index contributed by atoms with van der Waals surface area (Å²) in [7, 11) is 4.51. The van der Waals surface area contributed by atoms with Crippen molar-refractivity contribution in [1.29, 1.82) is 10.8 Å². The summed E-state index contributed by atoms with van der Waals surface area (Å²) in [5, 5.41) is 30.7. The number of ether oxygens (including phenoxy) is 2. The number of rotatable bonds is 10. The molecule has 0 spiro atoms. The summed E-state index contributed by atoms with van der Waals surface area (Å²) in [5.41, 5.74) is 1.79. The second kappa shape index (κ2) is 12.7. The van der Waals surface area contributed by atoms with Gasteiger partial charge in [-0.25, -0.2) is 4.98 Å². The molecule has 0 saturated heterocycles. The summed E-state index contributed by atoms with van der Waals surface area (Å²) in [6, 6.07) is 8.49. The average molecular weight is 611 g/mol. The highest BCUT2D eigenvalue weighted by Crippen LogP contribution is 2.37. The molecular formula is C27H30ClF3N6O3S. The smallest absolute Gasteiger partial charge is 0.393 e. The second-order valence-corrected chi connectivity index (χ2v) is 11.1. The van der Waals surface area contributed by atoms with Crippen LogP contribution in [-0.2, 0) is 22.4 Å². The molecule has 0 unspecified atom stereocenters. The number of aliphatic hydroxyl groups is 1. The lowest BCUT2D eigenvalue weighted by atomic mass is 10.1. The summed E-state index contributed by atoms with van der Waals surface area (Å²) in [6.45, 7) is 0.532. The van der Waals surface area contributed by atoms with Gasteiger partial charge in [0.2, 0.25) is 11.2 Å². The van der Waals surface area contributed by atoms with Gasteiger partial charge in [0.05, 0.1) is 43.9 Å². The fourth-order valence-electron chi connectivity index (χ4n) is 4.81. The van der Waals surface area contributed by atoms with Gasteiger partial charge in [-0.3, -0.25) is 5.41 Å². The van der Waals surface area contributed by atoms with E-state index in [1.165, 1.54) is 26.4 Å². The predicted octanol–water partition coefficient (Wildman–Crippen LogP) is 5.09. The van der Waals surface area contributed by atoms with Gasteiger partial charge < -0.3 is 30.2 Å². The van der Waals surface area contributed by atoms with Crippen molar-refractivity contribution >= 4 is 50.6 Å². The summed E-state index contributed by atoms with van der Waals surface area (Å²) in [4.78, 5) is 10.7. The van der Waals surface area contributed by atoms with Crippen molar-refractivity contribution in [2.45, 2.75) is 50.2 Å². The van der Waals surface area contributed by atoms with Gasteiger partial charge in [-0.15, -0.1) is 11.3 Å². The van der Waals surface area contributed by atoms with Crippen LogP contribution >= 0.6 is 22.9 Å². The van der Waals surface area contributed by atoms with E-state index in [9.17, 15) is 18.3 Å². The molecule has 220 valence electrons. The van der Waals surface area contributed by atoms with Gasteiger partial charge in [-0.1, -0.05) is 24.3 Å². The Morgan fingerprint density at radius 3 is 2.54 bits per heavy atom. The number of anilines is 1. The van der Waals surface area contributed by atoms with Crippen LogP contribution in [0.3, 0.4) is 0 Å². The summed E-state index contributed by atoms with van der Waals surface area (Å²) in [6.07, 6.45) is -3.60. The minimum Gasteiger partial charge on any atom is -0.491 e. The molecule has 3 atom stereocenters. The molecule has 1 aliphatic carbocycles. The molecular weight excluding hydrogens is 581 g/mol. The lowest BCUT2D eigenvalue weighted by molar-refractivity contribution is -0.126. The SMILES string of the molecule is COC(=N)/C(=C\C(=N)c1ccc(CN[C@H]2C[C@@H](O)[C@@H](N(C)c3nc(Cl)nc4sc(CC(F)(F)F)cc34)C2)cc1)OC. The van der Waals surface area contributed by atoms with Crippen molar-refractivity contribution in [3.05, 3.63) is 63.5 Å². The molecule has 0 aliphatic heterocycles. The molecule has 0 radical (unpaired) electrons. The molecule has 0 bridgehead atoms. The number of methoxy groups -OCH3 is 2. The highest BCUT2D eigenvalue weighted by Gasteiger charge is 2.37. The number of hydrogen-bond acceptors (Lipinski definition) is 10. The number of alkyl halides is 3. The Morgan fingerprint density at radius 1 is 1.20 bits per heavy atom. The number of aromatic nitrogens is 2. The predicted molar refractivity (Wildman–Crippen MR) is 153 cm³/mol. The maximum atomic E-state index is 13.0. The largest absolute Gasteiger partial charge is 0.491 e. The first-order valence-corrected chi connectivity index (χ1v) is 13.8. The second-order valence-electron chi connectivity index (χ2n) is 9.69. The van der Waals surface area contributed by atoms with E-state index in [2.05, 4.69) is 15.3 Å². The zero-order valence-corrected chi connectivity index (χ0v) is 24.1. The summed E-state index contributed by atoms with van der Waals surface area (Å²) in [5.74, 6) is 0.363. The number of fused-ring (bicyclic) bond motifs is 1. The van der Waals surface area contributed by atoms with Gasteiger partial charge in [0.1, 0.15) is 10.6 Å². The zero-order valence-electron chi connectivity index (χ0n) is 22.6. The van der Waals surface area contributed by atoms with Crippen LogP contribution in [0.4, 0.5) is 19.0 Å². The number of nitrogens with one attached hydrogen (secondary N) is 3. The molecule has 3 aromatic rings. The first-order valence-electron chi connectivity index (χ1n) is 12.6. The van der Waals surface area contributed by atoms with E-state index >= 15 is 0 Å². The first-order chi connectivity index (χ1) is 19.4. The van der Waals surface area contributed by atoms with Crippen molar-refractivity contribution in [2.75, 3.05) is 26.2 Å². The maximum Gasteiger partial charge on any atom is 0.393 e. The molecule has 2 heterocycles. The quantitative estimate of drug-likeness (QED) is 0.109. The lowest BCUT2D eigenvalue weighted by Gasteiger charge is -2.28. The summed E-state index contributed by atoms with van der Waals surface area (Å²) < 4.78 is 48.8. The standard InChI is InChI=1S/C27H30ClF3N6O3S/c1-37(24-18-10-17(12-27(29,30)31)41-25(18)36-26(28)35-24)20-8-16(9-21(20)38)34-13-14-4-6-15(7-5-14)19(32)11-22(39-2)23(33)40-3/h4-7,10-11,16,20-21,32-34,38H,8-9,12-13H2,1-3H3/b22-11+,32-19?,33-23?/t16-,20+,21-/m1/s1. The number of likely N-dealkylation sites (N-methyl/N-ethyl adjacent to an activating group) is 1. The van der Waals surface area contributed by atoms with Crippen LogP contribution in [0.25, 0.3) is 10.2 Å². The molecule has 41 heavy (non-hydrogen) atoms. The van der Waals surface area contributed by atoms with E-state index < -0.39 is 18.7 Å². The number of thiophene rings is 1. The van der Waals surface area contributed by atoms with E-state index in [0.717, 1.165) is 16.9 Å². The monoisotopic (exact) mass is 610 g/mol. The number of nitrogens with zero attached hydrogens (tertiary/aromatic N) is 3. The Balaban J connectivity index is 1.40. The van der Waals surface area contributed by atoms with Crippen LogP contribution in [0, 0.1) is 10.8 Å². The van der Waals surface area contributed by atoms with Crippen molar-refractivity contribution in [2.24, 2.45) is 0 Å². The zero-order chi connectivity index (χ0) is 29.9. The van der Waals surface area contributed by atoms with E-state index in [1.807, 2.05) is 12.1 Å². The Hall–Kier alpha value is -3.26. The molecule has 1 aromatic carbocycles. The molecule has 0 amide bonds. The van der Waals surface area contributed by atoms with E-state index in [-0.39, 0.29) is 39.6 Å². The van der Waals surface area contributed by atoms with Crippen LogP contribution in [0.2, 0.25) is 5.28 Å². The van der Waals surface area contributed by atoms with Crippen molar-refractivity contribution in [3.63, 3.8) is 0 Å². The third kappa shape index (κ3) is 7.53. The molecule has 2 aromatic heterocycles. The Kier molecular flexibility index (Phi) is 9.52. The van der Waals surface area contributed by atoms with Gasteiger partial charge in [0, 0.05) is 30.6 Å². The Bertz CT molecular complexity index is 1450. The topological polar surface area (TPSA) is 127 Å². The van der Waals surface area contributed by atoms with Crippen LogP contribution in [0.5, 0.6) is 0 Å². The minimum absolute atomic E-state index is 0.0151. The number of hydrogen-bond donors (Lipinski definition) is 4. The van der Waals surface area contributed by atoms with Crippen molar-refractivity contribution in [1.82, 2.24) is 15.3 Å². The molecule has 14 heteroatoms. The molecule has 4 N–H and O–H groups in total. The van der Waals surface area contributed by atoms with E-state index in [0.29, 0.717) is 41.0 Å². The first kappa shape index (κ1) is 30.7. The fraction of sp³-hybridized carbons (Fsp3) is 0.407. The Morgan fingerprint density at radius 2 is 1.90 bits per heavy atom. The molecule has 4 rings (SSSR count). The van der Waals surface area contributed by atoms with Crippen molar-refractivity contribution in [3.8, 4) is 0 Å². The lowest BCUT2D eigenvalue weighted by Crippen LogP contribution is -2.38. The van der Waals surface area contributed by atoms with Crippen LogP contribution in [-0.4, -0.2) is 72.3 Å². The van der Waals surface area contributed by atoms with Crippen LogP contribution in [0.15, 0.2) is 42.2 Å². The third-order valence-corrected chi connectivity index (χ3v) is 8.08. The van der Waals surface area contributed by atoms with Gasteiger partial charge in [-0.2, -0.15) is 18.2 Å². The molecule has 1 aliphatic rings. The molecule has 1 fully saturated rings. The van der Waals surface area contributed by atoms with E-state index in [4.69, 9.17) is 31.9 Å². The number of allylic oxidation sites excluding steroid dienone is 1. The number of benzene rings is 1. The number of aliphatic hydroxyl groups excluding tert-OH is 1. The van der Waals surface area contributed by atoms with Gasteiger partial charge in [-0.05, 0) is 41.6 Å². The molecule has 9 nitrogen and oxygen atoms in total. The maximum absolute atomic E-state index is 13.0. The summed E-state index contributed by atoms with van der Waals surface area (Å²) >= 11 is 7.04.